The third-order valence-corrected chi connectivity index (χ3v) is 3.87. The summed E-state index contributed by atoms with van der Waals surface area (Å²) in [7, 11) is 0. The van der Waals surface area contributed by atoms with E-state index in [-0.39, 0.29) is 16.8 Å². The molecule has 0 bridgehead atoms. The fourth-order valence-electron chi connectivity index (χ4n) is 2.54. The topological polar surface area (TPSA) is 81.2 Å². The second-order valence-electron chi connectivity index (χ2n) is 5.14. The molecule has 104 valence electrons. The lowest BCUT2D eigenvalue weighted by Gasteiger charge is -2.28. The van der Waals surface area contributed by atoms with Gasteiger partial charge in [0.15, 0.2) is 0 Å². The number of halogens is 1. The molecular formula is C13H18ClN3O2. The minimum atomic E-state index is -0.463. The number of nitrogens with one attached hydrogen (secondary N) is 1. The molecule has 1 fully saturated rings. The number of benzene rings is 1. The van der Waals surface area contributed by atoms with Crippen LogP contribution >= 0.6 is 11.6 Å². The maximum atomic E-state index is 10.8. The maximum absolute atomic E-state index is 10.8. The number of aryl methyl sites for hydroxylation is 1. The Balaban J connectivity index is 2.16. The molecule has 2 atom stereocenters. The molecule has 2 unspecified atom stereocenters. The molecule has 19 heavy (non-hydrogen) atoms. The Labute approximate surface area is 117 Å². The monoisotopic (exact) mass is 283 g/mol. The molecule has 1 saturated carbocycles. The molecule has 0 aromatic heterocycles. The van der Waals surface area contributed by atoms with Crippen molar-refractivity contribution in [3.8, 4) is 0 Å². The van der Waals surface area contributed by atoms with Gasteiger partial charge in [-0.25, -0.2) is 0 Å². The van der Waals surface area contributed by atoms with Crippen LogP contribution in [0.5, 0.6) is 0 Å². The average Bonchev–Trinajstić information content (AvgIpc) is 2.33. The lowest BCUT2D eigenvalue weighted by Crippen LogP contribution is -2.35. The molecule has 1 aromatic rings. The van der Waals surface area contributed by atoms with Gasteiger partial charge in [-0.05, 0) is 44.2 Å². The van der Waals surface area contributed by atoms with E-state index in [9.17, 15) is 10.1 Å². The van der Waals surface area contributed by atoms with E-state index >= 15 is 0 Å². The summed E-state index contributed by atoms with van der Waals surface area (Å²) in [5.74, 6) is 0. The Hall–Kier alpha value is -1.33. The van der Waals surface area contributed by atoms with Crippen LogP contribution in [0.15, 0.2) is 12.1 Å². The first-order valence-electron chi connectivity index (χ1n) is 6.44. The third-order valence-electron chi connectivity index (χ3n) is 3.56. The van der Waals surface area contributed by atoms with Gasteiger partial charge in [-0.15, -0.1) is 0 Å². The van der Waals surface area contributed by atoms with Gasteiger partial charge in [0, 0.05) is 23.8 Å². The second kappa shape index (κ2) is 5.75. The fraction of sp³-hybridized carbons (Fsp3) is 0.538. The lowest BCUT2D eigenvalue weighted by atomic mass is 9.91. The van der Waals surface area contributed by atoms with E-state index in [4.69, 9.17) is 17.3 Å². The van der Waals surface area contributed by atoms with Crippen molar-refractivity contribution in [3.63, 3.8) is 0 Å². The molecule has 0 saturated heterocycles. The predicted molar refractivity (Wildman–Crippen MR) is 76.7 cm³/mol. The van der Waals surface area contributed by atoms with Gasteiger partial charge < -0.3 is 11.1 Å². The van der Waals surface area contributed by atoms with Gasteiger partial charge in [-0.2, -0.15) is 0 Å². The van der Waals surface area contributed by atoms with Crippen molar-refractivity contribution >= 4 is 23.0 Å². The maximum Gasteiger partial charge on any atom is 0.288 e. The molecule has 3 N–H and O–H groups in total. The van der Waals surface area contributed by atoms with E-state index in [1.54, 1.807) is 6.07 Å². The highest BCUT2D eigenvalue weighted by atomic mass is 35.5. The van der Waals surface area contributed by atoms with E-state index < -0.39 is 4.92 Å². The van der Waals surface area contributed by atoms with Crippen molar-refractivity contribution in [1.82, 2.24) is 0 Å². The minimum absolute atomic E-state index is 0.0509. The van der Waals surface area contributed by atoms with E-state index in [0.717, 1.165) is 36.9 Å². The first kappa shape index (κ1) is 14.1. The highest BCUT2D eigenvalue weighted by Gasteiger charge is 2.21. The number of hydrogen-bond acceptors (Lipinski definition) is 4. The van der Waals surface area contributed by atoms with Crippen LogP contribution in [0.2, 0.25) is 5.02 Å². The zero-order chi connectivity index (χ0) is 14.0. The van der Waals surface area contributed by atoms with Crippen LogP contribution in [0, 0.1) is 17.0 Å². The van der Waals surface area contributed by atoms with Crippen molar-refractivity contribution in [3.05, 3.63) is 32.8 Å². The van der Waals surface area contributed by atoms with Crippen LogP contribution in [0.25, 0.3) is 0 Å². The number of anilines is 1. The lowest BCUT2D eigenvalue weighted by molar-refractivity contribution is -0.384. The number of nitro benzene ring substituents is 1. The van der Waals surface area contributed by atoms with Crippen LogP contribution in [-0.2, 0) is 0 Å². The van der Waals surface area contributed by atoms with Gasteiger partial charge in [0.05, 0.1) is 4.92 Å². The van der Waals surface area contributed by atoms with Crippen LogP contribution in [0.4, 0.5) is 11.4 Å². The zero-order valence-corrected chi connectivity index (χ0v) is 11.6. The molecular weight excluding hydrogens is 266 g/mol. The van der Waals surface area contributed by atoms with E-state index in [1.807, 2.05) is 6.92 Å². The highest BCUT2D eigenvalue weighted by molar-refractivity contribution is 6.33. The van der Waals surface area contributed by atoms with Crippen molar-refractivity contribution in [2.45, 2.75) is 44.7 Å². The normalized spacial score (nSPS) is 23.1. The number of hydrogen-bond donors (Lipinski definition) is 2. The largest absolute Gasteiger partial charge is 0.382 e. The van der Waals surface area contributed by atoms with Crippen LogP contribution in [0.1, 0.15) is 31.2 Å². The van der Waals surface area contributed by atoms with Crippen LogP contribution in [0.3, 0.4) is 0 Å². The Morgan fingerprint density at radius 2 is 2.21 bits per heavy atom. The van der Waals surface area contributed by atoms with E-state index in [1.165, 1.54) is 6.07 Å². The standard InChI is InChI=1S/C13H18ClN3O2/c1-8-5-13(17(18)19)11(14)7-12(8)16-10-4-2-3-9(15)6-10/h5,7,9-10,16H,2-4,6,15H2,1H3. The van der Waals surface area contributed by atoms with Crippen molar-refractivity contribution in [1.29, 1.82) is 0 Å². The summed E-state index contributed by atoms with van der Waals surface area (Å²) in [5.41, 5.74) is 7.59. The molecule has 0 radical (unpaired) electrons. The van der Waals surface area contributed by atoms with Crippen molar-refractivity contribution < 1.29 is 4.92 Å². The summed E-state index contributed by atoms with van der Waals surface area (Å²) in [6.07, 6.45) is 4.17. The first-order valence-corrected chi connectivity index (χ1v) is 6.82. The van der Waals surface area contributed by atoms with Crippen LogP contribution in [-0.4, -0.2) is 17.0 Å². The summed E-state index contributed by atoms with van der Waals surface area (Å²) >= 11 is 5.94. The number of nitrogens with two attached hydrogens (primary N) is 1. The Bertz CT molecular complexity index is 493. The molecule has 6 heteroatoms. The predicted octanol–water partition coefficient (Wildman–Crippen LogP) is 3.24. The fourth-order valence-corrected chi connectivity index (χ4v) is 2.77. The highest BCUT2D eigenvalue weighted by Crippen LogP contribution is 2.32. The molecule has 0 aliphatic heterocycles. The number of rotatable bonds is 3. The summed E-state index contributed by atoms with van der Waals surface area (Å²) in [4.78, 5) is 10.3. The Morgan fingerprint density at radius 1 is 1.47 bits per heavy atom. The molecule has 1 aliphatic carbocycles. The van der Waals surface area contributed by atoms with E-state index in [0.29, 0.717) is 6.04 Å². The van der Waals surface area contributed by atoms with Gasteiger partial charge in [-0.3, -0.25) is 10.1 Å². The Morgan fingerprint density at radius 3 is 2.84 bits per heavy atom. The molecule has 1 aromatic carbocycles. The molecule has 1 aliphatic rings. The SMILES string of the molecule is Cc1cc([N+](=O)[O-])c(Cl)cc1NC1CCCC(N)C1. The first-order chi connectivity index (χ1) is 8.97. The summed E-state index contributed by atoms with van der Waals surface area (Å²) in [5, 5.41) is 14.4. The molecule has 0 spiro atoms. The second-order valence-corrected chi connectivity index (χ2v) is 5.55. The van der Waals surface area contributed by atoms with Gasteiger partial charge in [0.1, 0.15) is 5.02 Å². The molecule has 2 rings (SSSR count). The Kier molecular flexibility index (Phi) is 4.27. The number of nitrogens with zero attached hydrogens (tertiary/aromatic N) is 1. The summed E-state index contributed by atoms with van der Waals surface area (Å²) in [6, 6.07) is 3.70. The van der Waals surface area contributed by atoms with Gasteiger partial charge in [-0.1, -0.05) is 11.6 Å². The molecule has 0 amide bonds. The van der Waals surface area contributed by atoms with Gasteiger partial charge in [0.2, 0.25) is 0 Å². The van der Waals surface area contributed by atoms with Crippen molar-refractivity contribution in [2.24, 2.45) is 5.73 Å². The third kappa shape index (κ3) is 3.36. The average molecular weight is 284 g/mol. The number of nitro groups is 1. The van der Waals surface area contributed by atoms with Crippen LogP contribution < -0.4 is 11.1 Å². The summed E-state index contributed by atoms with van der Waals surface area (Å²) in [6.45, 7) is 1.84. The zero-order valence-electron chi connectivity index (χ0n) is 10.9. The van der Waals surface area contributed by atoms with Gasteiger partial charge >= 0.3 is 0 Å². The molecule has 5 nitrogen and oxygen atoms in total. The summed E-state index contributed by atoms with van der Waals surface area (Å²) < 4.78 is 0. The quantitative estimate of drug-likeness (QED) is 0.659. The minimum Gasteiger partial charge on any atom is -0.382 e. The smallest absolute Gasteiger partial charge is 0.288 e. The van der Waals surface area contributed by atoms with Crippen molar-refractivity contribution in [2.75, 3.05) is 5.32 Å². The molecule has 0 heterocycles. The van der Waals surface area contributed by atoms with Gasteiger partial charge in [0.25, 0.3) is 5.69 Å². The van der Waals surface area contributed by atoms with E-state index in [2.05, 4.69) is 5.32 Å².